The first-order chi connectivity index (χ1) is 15.8. The quantitative estimate of drug-likeness (QED) is 0.549. The SMILES string of the molecule is C[C@@H]1CCC[C@H](C)N1CCCNC(=O)[C@@H]1CCCN(S(=O)(=O)N2CCC3(CC2)OCCO3)C1. The summed E-state index contributed by atoms with van der Waals surface area (Å²) in [5.41, 5.74) is 0. The first-order valence-corrected chi connectivity index (χ1v) is 14.3. The lowest BCUT2D eigenvalue weighted by Gasteiger charge is -2.40. The topological polar surface area (TPSA) is 91.4 Å². The first kappa shape index (κ1) is 25.3. The van der Waals surface area contributed by atoms with E-state index in [0.29, 0.717) is 70.7 Å². The lowest BCUT2D eigenvalue weighted by Crippen LogP contribution is -2.54. The van der Waals surface area contributed by atoms with E-state index in [1.807, 2.05) is 0 Å². The molecule has 0 unspecified atom stereocenters. The lowest BCUT2D eigenvalue weighted by atomic mass is 9.97. The Morgan fingerprint density at radius 1 is 0.970 bits per heavy atom. The van der Waals surface area contributed by atoms with E-state index in [1.165, 1.54) is 27.9 Å². The Balaban J connectivity index is 1.22. The van der Waals surface area contributed by atoms with E-state index >= 15 is 0 Å². The zero-order valence-electron chi connectivity index (χ0n) is 20.3. The molecule has 4 saturated heterocycles. The van der Waals surface area contributed by atoms with Gasteiger partial charge in [-0.15, -0.1) is 0 Å². The molecule has 4 aliphatic rings. The Kier molecular flexibility index (Phi) is 8.34. The maximum Gasteiger partial charge on any atom is 0.282 e. The van der Waals surface area contributed by atoms with Gasteiger partial charge in [0.25, 0.3) is 10.2 Å². The molecule has 3 atom stereocenters. The second-order valence-electron chi connectivity index (χ2n) is 10.2. The van der Waals surface area contributed by atoms with Gasteiger partial charge in [0.15, 0.2) is 5.79 Å². The van der Waals surface area contributed by atoms with Crippen LogP contribution in [0.15, 0.2) is 0 Å². The largest absolute Gasteiger partial charge is 0.356 e. The number of likely N-dealkylation sites (tertiary alicyclic amines) is 1. The minimum absolute atomic E-state index is 0.0139. The summed E-state index contributed by atoms with van der Waals surface area (Å²) in [4.78, 5) is 15.4. The van der Waals surface area contributed by atoms with E-state index < -0.39 is 16.0 Å². The fourth-order valence-electron chi connectivity index (χ4n) is 5.91. The Morgan fingerprint density at radius 2 is 1.64 bits per heavy atom. The summed E-state index contributed by atoms with van der Waals surface area (Å²) < 4.78 is 41.0. The predicted octanol–water partition coefficient (Wildman–Crippen LogP) is 1.55. The Bertz CT molecular complexity index is 753. The highest BCUT2D eigenvalue weighted by Crippen LogP contribution is 2.33. The van der Waals surface area contributed by atoms with Gasteiger partial charge < -0.3 is 14.8 Å². The molecule has 1 spiro atoms. The van der Waals surface area contributed by atoms with Crippen LogP contribution in [-0.4, -0.2) is 98.2 Å². The molecular weight excluding hydrogens is 444 g/mol. The van der Waals surface area contributed by atoms with Crippen molar-refractivity contribution in [3.8, 4) is 0 Å². The van der Waals surface area contributed by atoms with Crippen molar-refractivity contribution in [2.75, 3.05) is 52.5 Å². The predicted molar refractivity (Wildman–Crippen MR) is 126 cm³/mol. The molecule has 33 heavy (non-hydrogen) atoms. The summed E-state index contributed by atoms with van der Waals surface area (Å²) in [6.45, 7) is 8.91. The molecule has 0 aromatic heterocycles. The summed E-state index contributed by atoms with van der Waals surface area (Å²) in [6, 6.07) is 1.22. The first-order valence-electron chi connectivity index (χ1n) is 12.9. The molecule has 1 amide bonds. The summed E-state index contributed by atoms with van der Waals surface area (Å²) in [6.07, 6.45) is 7.29. The molecule has 4 rings (SSSR count). The van der Waals surface area contributed by atoms with Gasteiger partial charge in [0, 0.05) is 64.2 Å². The number of nitrogens with zero attached hydrogens (tertiary/aromatic N) is 3. The van der Waals surface area contributed by atoms with Crippen LogP contribution in [0.2, 0.25) is 0 Å². The molecule has 4 fully saturated rings. The fourth-order valence-corrected chi connectivity index (χ4v) is 7.60. The summed E-state index contributed by atoms with van der Waals surface area (Å²) in [5.74, 6) is -0.890. The van der Waals surface area contributed by atoms with Crippen molar-refractivity contribution in [3.05, 3.63) is 0 Å². The van der Waals surface area contributed by atoms with E-state index in [2.05, 4.69) is 24.1 Å². The van der Waals surface area contributed by atoms with Crippen LogP contribution in [0.5, 0.6) is 0 Å². The number of piperidine rings is 3. The Labute approximate surface area is 199 Å². The molecule has 0 aromatic carbocycles. The molecule has 0 aromatic rings. The average molecular weight is 487 g/mol. The van der Waals surface area contributed by atoms with E-state index in [-0.39, 0.29) is 18.4 Å². The van der Waals surface area contributed by atoms with E-state index in [9.17, 15) is 13.2 Å². The molecule has 4 heterocycles. The molecule has 10 heteroatoms. The second kappa shape index (κ2) is 10.9. The maximum absolute atomic E-state index is 13.2. The highest BCUT2D eigenvalue weighted by atomic mass is 32.2. The third kappa shape index (κ3) is 5.90. The molecule has 0 saturated carbocycles. The molecule has 1 N–H and O–H groups in total. The number of carbonyl (C=O) groups excluding carboxylic acids is 1. The van der Waals surface area contributed by atoms with Gasteiger partial charge in [-0.25, -0.2) is 0 Å². The van der Waals surface area contributed by atoms with Crippen LogP contribution in [0, 0.1) is 5.92 Å². The minimum Gasteiger partial charge on any atom is -0.356 e. The maximum atomic E-state index is 13.2. The zero-order valence-corrected chi connectivity index (χ0v) is 21.2. The van der Waals surface area contributed by atoms with Crippen LogP contribution in [0.3, 0.4) is 0 Å². The van der Waals surface area contributed by atoms with Crippen LogP contribution in [0.25, 0.3) is 0 Å². The smallest absolute Gasteiger partial charge is 0.282 e. The van der Waals surface area contributed by atoms with Crippen LogP contribution >= 0.6 is 0 Å². The van der Waals surface area contributed by atoms with E-state index in [1.54, 1.807) is 0 Å². The minimum atomic E-state index is -3.58. The van der Waals surface area contributed by atoms with Crippen molar-refractivity contribution in [2.45, 2.75) is 83.1 Å². The summed E-state index contributed by atoms with van der Waals surface area (Å²) in [7, 11) is -3.58. The second-order valence-corrected chi connectivity index (χ2v) is 12.2. The number of rotatable bonds is 7. The number of hydrogen-bond acceptors (Lipinski definition) is 6. The highest BCUT2D eigenvalue weighted by molar-refractivity contribution is 7.86. The molecule has 4 aliphatic heterocycles. The van der Waals surface area contributed by atoms with Gasteiger partial charge in [0.2, 0.25) is 5.91 Å². The number of ether oxygens (including phenoxy) is 2. The van der Waals surface area contributed by atoms with Crippen LogP contribution in [0.1, 0.15) is 65.2 Å². The van der Waals surface area contributed by atoms with E-state index in [4.69, 9.17) is 9.47 Å². The number of nitrogens with one attached hydrogen (secondary N) is 1. The van der Waals surface area contributed by atoms with Gasteiger partial charge in [0.1, 0.15) is 0 Å². The van der Waals surface area contributed by atoms with Gasteiger partial charge in [-0.05, 0) is 46.0 Å². The van der Waals surface area contributed by atoms with Crippen molar-refractivity contribution in [1.29, 1.82) is 0 Å². The van der Waals surface area contributed by atoms with Crippen molar-refractivity contribution < 1.29 is 22.7 Å². The highest BCUT2D eigenvalue weighted by Gasteiger charge is 2.44. The summed E-state index contributed by atoms with van der Waals surface area (Å²) >= 11 is 0. The van der Waals surface area contributed by atoms with Crippen molar-refractivity contribution in [3.63, 3.8) is 0 Å². The Hall–Kier alpha value is -0.780. The average Bonchev–Trinajstić information content (AvgIpc) is 3.26. The molecule has 0 aliphatic carbocycles. The summed E-state index contributed by atoms with van der Waals surface area (Å²) in [5, 5.41) is 3.07. The monoisotopic (exact) mass is 486 g/mol. The van der Waals surface area contributed by atoms with Gasteiger partial charge in [-0.3, -0.25) is 9.69 Å². The van der Waals surface area contributed by atoms with Gasteiger partial charge in [-0.1, -0.05) is 6.42 Å². The zero-order chi connectivity index (χ0) is 23.5. The Morgan fingerprint density at radius 3 is 2.30 bits per heavy atom. The van der Waals surface area contributed by atoms with Gasteiger partial charge in [-0.2, -0.15) is 17.0 Å². The van der Waals surface area contributed by atoms with Crippen LogP contribution in [0.4, 0.5) is 0 Å². The number of hydrogen-bond donors (Lipinski definition) is 1. The third-order valence-corrected chi connectivity index (χ3v) is 9.98. The standard InChI is InChI=1S/C23H42N4O5S/c1-19-6-3-7-20(2)27(19)13-5-11-24-22(28)21-8-4-12-26(18-21)33(29,30)25-14-9-23(10-15-25)31-16-17-32-23/h19-21H,3-18H2,1-2H3,(H,24,28)/t19-,20+,21-/m1/s1. The van der Waals surface area contributed by atoms with Crippen molar-refractivity contribution >= 4 is 16.1 Å². The molecular formula is C23H42N4O5S. The molecule has 0 bridgehead atoms. The number of carbonyl (C=O) groups is 1. The van der Waals surface area contributed by atoms with Crippen molar-refractivity contribution in [1.82, 2.24) is 18.8 Å². The van der Waals surface area contributed by atoms with Crippen LogP contribution in [-0.2, 0) is 24.5 Å². The molecule has 9 nitrogen and oxygen atoms in total. The molecule has 190 valence electrons. The van der Waals surface area contributed by atoms with Gasteiger partial charge >= 0.3 is 0 Å². The molecule has 0 radical (unpaired) electrons. The third-order valence-electron chi connectivity index (χ3n) is 7.97. The van der Waals surface area contributed by atoms with Crippen molar-refractivity contribution in [2.24, 2.45) is 5.92 Å². The van der Waals surface area contributed by atoms with E-state index in [0.717, 1.165) is 19.4 Å². The van der Waals surface area contributed by atoms with Gasteiger partial charge in [0.05, 0.1) is 19.1 Å². The lowest BCUT2D eigenvalue weighted by molar-refractivity contribution is -0.179. The number of amides is 1. The normalized spacial score (nSPS) is 32.2. The van der Waals surface area contributed by atoms with Crippen LogP contribution < -0.4 is 5.32 Å². The fraction of sp³-hybridized carbons (Fsp3) is 0.957.